The van der Waals surface area contributed by atoms with Gasteiger partial charge < -0.3 is 14.4 Å². The monoisotopic (exact) mass is 569 g/mol. The Balaban J connectivity index is 1.21. The molecule has 1 aromatic heterocycles. The van der Waals surface area contributed by atoms with Gasteiger partial charge in [-0.1, -0.05) is 53.5 Å². The van der Waals surface area contributed by atoms with Gasteiger partial charge in [-0.2, -0.15) is 9.78 Å². The molecule has 2 aliphatic rings. The van der Waals surface area contributed by atoms with Crippen LogP contribution in [0.15, 0.2) is 48.7 Å². The quantitative estimate of drug-likeness (QED) is 0.338. The first-order chi connectivity index (χ1) is 18.6. The maximum atomic E-state index is 13.5. The highest BCUT2D eigenvalue weighted by Gasteiger charge is 2.38. The molecule has 0 bridgehead atoms. The lowest BCUT2D eigenvalue weighted by molar-refractivity contribution is -0.133. The Kier molecular flexibility index (Phi) is 7.92. The van der Waals surface area contributed by atoms with E-state index >= 15 is 0 Å². The fraction of sp³-hybridized carbons (Fsp3) is 0.433. The standard InChI is InChI=1S/C30H33Cl2N3O4/c1-30(2,3)39-29(37)35-17-21-13-22(9-10-27(21)33-35)34-12-11-20(28(34)36)14-24-25(31)15-23(16-26(24)32)38-18-19-7-5-4-6-8-19/h4-8,15-17,20,22H,9-14,18H2,1-3H3/t20-,22?/m0/s1. The van der Waals surface area contributed by atoms with E-state index in [4.69, 9.17) is 32.7 Å². The van der Waals surface area contributed by atoms with Gasteiger partial charge >= 0.3 is 6.09 Å². The summed E-state index contributed by atoms with van der Waals surface area (Å²) in [6.45, 7) is 6.59. The minimum Gasteiger partial charge on any atom is -0.489 e. The number of aromatic nitrogens is 2. The minimum absolute atomic E-state index is 0.0750. The molecule has 1 saturated heterocycles. The Morgan fingerprint density at radius 3 is 2.51 bits per heavy atom. The SMILES string of the molecule is CC(C)(C)OC(=O)n1cc2c(n1)CCC(N1CC[C@@H](Cc3c(Cl)cc(OCc4ccccc4)cc3Cl)C1=O)C2. The number of ether oxygens (including phenoxy) is 2. The molecule has 2 atom stereocenters. The van der Waals surface area contributed by atoms with Gasteiger partial charge in [0.25, 0.3) is 0 Å². The number of halogens is 2. The van der Waals surface area contributed by atoms with Crippen LogP contribution in [-0.2, 0) is 35.4 Å². The van der Waals surface area contributed by atoms with E-state index in [-0.39, 0.29) is 17.9 Å². The van der Waals surface area contributed by atoms with Crippen LogP contribution in [0.2, 0.25) is 10.0 Å². The van der Waals surface area contributed by atoms with Crippen molar-refractivity contribution in [2.75, 3.05) is 6.54 Å². The van der Waals surface area contributed by atoms with E-state index in [0.717, 1.165) is 35.2 Å². The first kappa shape index (κ1) is 27.5. The second-order valence-corrected chi connectivity index (χ2v) is 12.1. The first-order valence-corrected chi connectivity index (χ1v) is 14.1. The maximum absolute atomic E-state index is 13.5. The zero-order valence-corrected chi connectivity index (χ0v) is 24.0. The van der Waals surface area contributed by atoms with Crippen LogP contribution >= 0.6 is 23.2 Å². The van der Waals surface area contributed by atoms with Crippen molar-refractivity contribution in [3.8, 4) is 5.75 Å². The number of hydrogen-bond donors (Lipinski definition) is 0. The molecule has 0 radical (unpaired) electrons. The number of likely N-dealkylation sites (tertiary alicyclic amines) is 1. The Hall–Kier alpha value is -3.03. The van der Waals surface area contributed by atoms with Crippen molar-refractivity contribution in [1.29, 1.82) is 0 Å². The molecule has 3 aromatic rings. The van der Waals surface area contributed by atoms with Crippen LogP contribution in [0.25, 0.3) is 0 Å². The van der Waals surface area contributed by atoms with Gasteiger partial charge in [0.05, 0.1) is 5.69 Å². The third-order valence-electron chi connectivity index (χ3n) is 7.23. The number of aryl methyl sites for hydroxylation is 1. The van der Waals surface area contributed by atoms with Crippen LogP contribution in [0.4, 0.5) is 4.79 Å². The average Bonchev–Trinajstić information content (AvgIpc) is 3.47. The van der Waals surface area contributed by atoms with E-state index < -0.39 is 11.7 Å². The van der Waals surface area contributed by atoms with Crippen molar-refractivity contribution in [3.63, 3.8) is 0 Å². The molecule has 1 fully saturated rings. The summed E-state index contributed by atoms with van der Waals surface area (Å²) in [5, 5.41) is 5.46. The molecule has 1 amide bonds. The second-order valence-electron chi connectivity index (χ2n) is 11.3. The van der Waals surface area contributed by atoms with Crippen molar-refractivity contribution in [2.24, 2.45) is 5.92 Å². The average molecular weight is 571 g/mol. The summed E-state index contributed by atoms with van der Waals surface area (Å²) < 4.78 is 12.6. The van der Waals surface area contributed by atoms with Crippen LogP contribution in [-0.4, -0.2) is 44.9 Å². The molecule has 0 saturated carbocycles. The zero-order valence-electron chi connectivity index (χ0n) is 22.5. The van der Waals surface area contributed by atoms with Crippen molar-refractivity contribution < 1.29 is 19.1 Å². The minimum atomic E-state index is -0.593. The van der Waals surface area contributed by atoms with Gasteiger partial charge in [-0.05, 0) is 81.7 Å². The lowest BCUT2D eigenvalue weighted by Gasteiger charge is -2.31. The molecule has 39 heavy (non-hydrogen) atoms. The van der Waals surface area contributed by atoms with Crippen LogP contribution in [0.3, 0.4) is 0 Å². The molecule has 7 nitrogen and oxygen atoms in total. The number of fused-ring (bicyclic) bond motifs is 1. The van der Waals surface area contributed by atoms with Crippen LogP contribution in [0.5, 0.6) is 5.75 Å². The molecule has 0 spiro atoms. The van der Waals surface area contributed by atoms with E-state index in [2.05, 4.69) is 5.10 Å². The van der Waals surface area contributed by atoms with Crippen molar-refractivity contribution in [2.45, 2.75) is 71.1 Å². The summed E-state index contributed by atoms with van der Waals surface area (Å²) in [6.07, 6.45) is 4.69. The van der Waals surface area contributed by atoms with Gasteiger partial charge in [-0.3, -0.25) is 4.79 Å². The predicted molar refractivity (Wildman–Crippen MR) is 150 cm³/mol. The lowest BCUT2D eigenvalue weighted by atomic mass is 9.92. The Labute approximate surface area is 239 Å². The summed E-state index contributed by atoms with van der Waals surface area (Å²) in [6, 6.07) is 13.5. The van der Waals surface area contributed by atoms with Crippen LogP contribution in [0, 0.1) is 5.92 Å². The highest BCUT2D eigenvalue weighted by Crippen LogP contribution is 2.36. The van der Waals surface area contributed by atoms with Gasteiger partial charge in [-0.25, -0.2) is 4.79 Å². The summed E-state index contributed by atoms with van der Waals surface area (Å²) in [7, 11) is 0. The van der Waals surface area contributed by atoms with Gasteiger partial charge in [0, 0.05) is 34.7 Å². The van der Waals surface area contributed by atoms with Gasteiger partial charge in [-0.15, -0.1) is 0 Å². The Bertz CT molecular complexity index is 1340. The number of nitrogens with zero attached hydrogens (tertiary/aromatic N) is 3. The molecular weight excluding hydrogens is 537 g/mol. The first-order valence-electron chi connectivity index (χ1n) is 13.3. The summed E-state index contributed by atoms with van der Waals surface area (Å²) >= 11 is 13.2. The molecule has 2 aromatic carbocycles. The van der Waals surface area contributed by atoms with Crippen LogP contribution < -0.4 is 4.74 Å². The molecule has 1 aliphatic heterocycles. The normalized spacial score (nSPS) is 19.2. The Morgan fingerprint density at radius 1 is 1.10 bits per heavy atom. The number of rotatable bonds is 6. The molecule has 9 heteroatoms. The van der Waals surface area contributed by atoms with E-state index in [9.17, 15) is 9.59 Å². The van der Waals surface area contributed by atoms with Crippen molar-refractivity contribution >= 4 is 35.2 Å². The molecule has 206 valence electrons. The van der Waals surface area contributed by atoms with Crippen LogP contribution in [0.1, 0.15) is 56.0 Å². The number of carbonyl (C=O) groups is 2. The molecule has 5 rings (SSSR count). The smallest absolute Gasteiger partial charge is 0.435 e. The fourth-order valence-corrected chi connectivity index (χ4v) is 5.94. The highest BCUT2D eigenvalue weighted by molar-refractivity contribution is 6.36. The number of carbonyl (C=O) groups excluding carboxylic acids is 2. The number of hydrogen-bond acceptors (Lipinski definition) is 5. The molecule has 1 unspecified atom stereocenters. The summed E-state index contributed by atoms with van der Waals surface area (Å²) in [5.74, 6) is 0.545. The van der Waals surface area contributed by atoms with Gasteiger partial charge in [0.15, 0.2) is 0 Å². The zero-order chi connectivity index (χ0) is 27.7. The molecule has 2 heterocycles. The summed E-state index contributed by atoms with van der Waals surface area (Å²) in [4.78, 5) is 27.9. The lowest BCUT2D eigenvalue weighted by Crippen LogP contribution is -2.41. The topological polar surface area (TPSA) is 73.7 Å². The van der Waals surface area contributed by atoms with Crippen molar-refractivity contribution in [3.05, 3.63) is 81.1 Å². The molecular formula is C30H33Cl2N3O4. The largest absolute Gasteiger partial charge is 0.489 e. The third-order valence-corrected chi connectivity index (χ3v) is 7.91. The van der Waals surface area contributed by atoms with E-state index in [0.29, 0.717) is 48.2 Å². The van der Waals surface area contributed by atoms with Gasteiger partial charge in [0.2, 0.25) is 5.91 Å². The van der Waals surface area contributed by atoms with E-state index in [1.165, 1.54) is 4.68 Å². The number of benzene rings is 2. The highest BCUT2D eigenvalue weighted by atomic mass is 35.5. The van der Waals surface area contributed by atoms with E-state index in [1.807, 2.05) is 56.0 Å². The van der Waals surface area contributed by atoms with Crippen molar-refractivity contribution in [1.82, 2.24) is 14.7 Å². The molecule has 0 N–H and O–H groups in total. The van der Waals surface area contributed by atoms with Gasteiger partial charge in [0.1, 0.15) is 18.0 Å². The fourth-order valence-electron chi connectivity index (χ4n) is 5.31. The Morgan fingerprint density at radius 2 is 1.82 bits per heavy atom. The number of amides is 1. The van der Waals surface area contributed by atoms with E-state index in [1.54, 1.807) is 18.3 Å². The third kappa shape index (κ3) is 6.42. The maximum Gasteiger partial charge on any atom is 0.435 e. The molecule has 1 aliphatic carbocycles. The second kappa shape index (κ2) is 11.2. The summed E-state index contributed by atoms with van der Waals surface area (Å²) in [5.41, 5.74) is 3.12. The predicted octanol–water partition coefficient (Wildman–Crippen LogP) is 6.50.